The third-order valence-corrected chi connectivity index (χ3v) is 3.31. The van der Waals surface area contributed by atoms with Crippen LogP contribution in [0.25, 0.3) is 0 Å². The van der Waals surface area contributed by atoms with Gasteiger partial charge in [-0.3, -0.25) is 0 Å². The highest BCUT2D eigenvalue weighted by atomic mass is 32.2. The standard InChI is InChI=1S/C11H10N6O2S/c12-5-7-6-15-11(17-10(7)13)16-8-1-3-9(4-2-8)20(14,18)19/h1-4,6H,(H2,14,18,19)(H3,13,15,16,17). The zero-order chi connectivity index (χ0) is 14.8. The van der Waals surface area contributed by atoms with Crippen molar-refractivity contribution in [2.24, 2.45) is 5.14 Å². The molecule has 0 aliphatic heterocycles. The van der Waals surface area contributed by atoms with Crippen molar-refractivity contribution < 1.29 is 8.42 Å². The van der Waals surface area contributed by atoms with Crippen LogP contribution in [0.1, 0.15) is 5.56 Å². The lowest BCUT2D eigenvalue weighted by atomic mass is 10.3. The van der Waals surface area contributed by atoms with Gasteiger partial charge in [0.2, 0.25) is 16.0 Å². The van der Waals surface area contributed by atoms with E-state index in [2.05, 4.69) is 15.3 Å². The lowest BCUT2D eigenvalue weighted by molar-refractivity contribution is 0.598. The number of nitrogens with zero attached hydrogens (tertiary/aromatic N) is 3. The summed E-state index contributed by atoms with van der Waals surface area (Å²) in [5.41, 5.74) is 6.29. The van der Waals surface area contributed by atoms with Crippen molar-refractivity contribution in [2.45, 2.75) is 4.90 Å². The number of nitriles is 1. The molecule has 1 heterocycles. The van der Waals surface area contributed by atoms with E-state index in [4.69, 9.17) is 16.1 Å². The number of aromatic nitrogens is 2. The van der Waals surface area contributed by atoms with Gasteiger partial charge in [-0.15, -0.1) is 0 Å². The Kier molecular flexibility index (Phi) is 3.51. The first-order valence-electron chi connectivity index (χ1n) is 5.32. The van der Waals surface area contributed by atoms with Crippen LogP contribution in [0.4, 0.5) is 17.5 Å². The third kappa shape index (κ3) is 3.00. The van der Waals surface area contributed by atoms with E-state index in [-0.39, 0.29) is 22.2 Å². The van der Waals surface area contributed by atoms with Crippen molar-refractivity contribution in [3.63, 3.8) is 0 Å². The van der Waals surface area contributed by atoms with Crippen molar-refractivity contribution >= 4 is 27.5 Å². The molecule has 5 N–H and O–H groups in total. The fourth-order valence-corrected chi connectivity index (χ4v) is 1.91. The molecular weight excluding hydrogens is 280 g/mol. The number of rotatable bonds is 3. The molecule has 1 aromatic carbocycles. The molecule has 102 valence electrons. The summed E-state index contributed by atoms with van der Waals surface area (Å²) >= 11 is 0. The summed E-state index contributed by atoms with van der Waals surface area (Å²) in [6.45, 7) is 0. The molecule has 0 saturated heterocycles. The van der Waals surface area contributed by atoms with Gasteiger partial charge in [-0.1, -0.05) is 0 Å². The highest BCUT2D eigenvalue weighted by molar-refractivity contribution is 7.89. The zero-order valence-electron chi connectivity index (χ0n) is 10.1. The van der Waals surface area contributed by atoms with Gasteiger partial charge in [0.15, 0.2) is 0 Å². The van der Waals surface area contributed by atoms with Crippen LogP contribution in [0.15, 0.2) is 35.4 Å². The van der Waals surface area contributed by atoms with Gasteiger partial charge in [0.1, 0.15) is 17.5 Å². The van der Waals surface area contributed by atoms with Crippen LogP contribution in [0, 0.1) is 11.3 Å². The summed E-state index contributed by atoms with van der Waals surface area (Å²) in [5, 5.41) is 16.5. The molecule has 0 radical (unpaired) electrons. The number of nitrogens with two attached hydrogens (primary N) is 2. The Morgan fingerprint density at radius 1 is 1.25 bits per heavy atom. The van der Waals surface area contributed by atoms with E-state index in [0.29, 0.717) is 5.69 Å². The maximum absolute atomic E-state index is 11.1. The number of nitrogen functional groups attached to an aromatic ring is 1. The SMILES string of the molecule is N#Cc1cnc(Nc2ccc(S(N)(=O)=O)cc2)nc1N. The second-order valence-corrected chi connectivity index (χ2v) is 5.36. The van der Waals surface area contributed by atoms with E-state index in [9.17, 15) is 8.42 Å². The van der Waals surface area contributed by atoms with Crippen LogP contribution in [0.3, 0.4) is 0 Å². The Hall–Kier alpha value is -2.70. The summed E-state index contributed by atoms with van der Waals surface area (Å²) in [6.07, 6.45) is 1.30. The van der Waals surface area contributed by atoms with Crippen LogP contribution in [0.5, 0.6) is 0 Å². The molecule has 0 fully saturated rings. The van der Waals surface area contributed by atoms with Gasteiger partial charge >= 0.3 is 0 Å². The van der Waals surface area contributed by atoms with Gasteiger partial charge in [0, 0.05) is 5.69 Å². The fraction of sp³-hybridized carbons (Fsp3) is 0. The van der Waals surface area contributed by atoms with Crippen LogP contribution >= 0.6 is 0 Å². The number of hydrogen-bond acceptors (Lipinski definition) is 7. The monoisotopic (exact) mass is 290 g/mol. The summed E-state index contributed by atoms with van der Waals surface area (Å²) in [4.78, 5) is 7.81. The molecule has 0 atom stereocenters. The molecule has 0 bridgehead atoms. The van der Waals surface area contributed by atoms with Crippen LogP contribution in [0.2, 0.25) is 0 Å². The Morgan fingerprint density at radius 2 is 1.90 bits per heavy atom. The summed E-state index contributed by atoms with van der Waals surface area (Å²) in [6, 6.07) is 7.58. The van der Waals surface area contributed by atoms with E-state index in [1.165, 1.54) is 30.5 Å². The van der Waals surface area contributed by atoms with Crippen LogP contribution in [-0.4, -0.2) is 18.4 Å². The van der Waals surface area contributed by atoms with Crippen LogP contribution < -0.4 is 16.2 Å². The molecular formula is C11H10N6O2S. The molecule has 1 aromatic heterocycles. The number of sulfonamides is 1. The predicted octanol–water partition coefficient (Wildman–Crippen LogP) is 0.321. The summed E-state index contributed by atoms with van der Waals surface area (Å²) in [5.74, 6) is 0.260. The number of benzene rings is 1. The minimum Gasteiger partial charge on any atom is -0.382 e. The number of anilines is 3. The first kappa shape index (κ1) is 13.7. The summed E-state index contributed by atoms with van der Waals surface area (Å²) < 4.78 is 22.2. The number of primary sulfonamides is 1. The van der Waals surface area contributed by atoms with Gasteiger partial charge < -0.3 is 11.1 Å². The summed E-state index contributed by atoms with van der Waals surface area (Å²) in [7, 11) is -3.72. The first-order chi connectivity index (χ1) is 9.40. The van der Waals surface area contributed by atoms with Gasteiger partial charge in [-0.25, -0.2) is 18.5 Å². The molecule has 2 rings (SSSR count). The van der Waals surface area contributed by atoms with Crippen molar-refractivity contribution in [2.75, 3.05) is 11.1 Å². The average Bonchev–Trinajstić information content (AvgIpc) is 2.38. The molecule has 0 aliphatic rings. The Labute approximate surface area is 115 Å². The number of nitrogens with one attached hydrogen (secondary N) is 1. The second kappa shape index (κ2) is 5.12. The maximum Gasteiger partial charge on any atom is 0.238 e. The third-order valence-electron chi connectivity index (χ3n) is 2.38. The van der Waals surface area contributed by atoms with Crippen molar-refractivity contribution in [1.29, 1.82) is 5.26 Å². The Balaban J connectivity index is 2.23. The second-order valence-electron chi connectivity index (χ2n) is 3.80. The highest BCUT2D eigenvalue weighted by Crippen LogP contribution is 2.17. The maximum atomic E-state index is 11.1. The van der Waals surface area contributed by atoms with Gasteiger partial charge in [-0.05, 0) is 24.3 Å². The zero-order valence-corrected chi connectivity index (χ0v) is 10.9. The van der Waals surface area contributed by atoms with Gasteiger partial charge in [0.05, 0.1) is 11.1 Å². The molecule has 8 nitrogen and oxygen atoms in total. The molecule has 0 aliphatic carbocycles. The first-order valence-corrected chi connectivity index (χ1v) is 6.87. The van der Waals surface area contributed by atoms with Crippen LogP contribution in [-0.2, 0) is 10.0 Å². The Morgan fingerprint density at radius 3 is 2.40 bits per heavy atom. The van der Waals surface area contributed by atoms with E-state index >= 15 is 0 Å². The largest absolute Gasteiger partial charge is 0.382 e. The predicted molar refractivity (Wildman–Crippen MR) is 72.3 cm³/mol. The van der Waals surface area contributed by atoms with E-state index < -0.39 is 10.0 Å². The van der Waals surface area contributed by atoms with Gasteiger partial charge in [-0.2, -0.15) is 10.2 Å². The molecule has 0 unspecified atom stereocenters. The minimum absolute atomic E-state index is 0.00307. The fourth-order valence-electron chi connectivity index (χ4n) is 1.40. The lowest BCUT2D eigenvalue weighted by Crippen LogP contribution is -2.11. The van der Waals surface area contributed by atoms with Crippen molar-refractivity contribution in [1.82, 2.24) is 9.97 Å². The lowest BCUT2D eigenvalue weighted by Gasteiger charge is -2.06. The molecule has 9 heteroatoms. The average molecular weight is 290 g/mol. The highest BCUT2D eigenvalue weighted by Gasteiger charge is 2.08. The molecule has 20 heavy (non-hydrogen) atoms. The normalized spacial score (nSPS) is 10.8. The smallest absolute Gasteiger partial charge is 0.238 e. The topological polar surface area (TPSA) is 148 Å². The van der Waals surface area contributed by atoms with E-state index in [1.54, 1.807) is 0 Å². The molecule has 0 spiro atoms. The van der Waals surface area contributed by atoms with Crippen molar-refractivity contribution in [3.8, 4) is 6.07 Å². The van der Waals surface area contributed by atoms with Gasteiger partial charge in [0.25, 0.3) is 0 Å². The Bertz CT molecular complexity index is 780. The van der Waals surface area contributed by atoms with Crippen molar-refractivity contribution in [3.05, 3.63) is 36.0 Å². The molecule has 0 amide bonds. The molecule has 0 saturated carbocycles. The van der Waals surface area contributed by atoms with E-state index in [1.807, 2.05) is 6.07 Å². The number of hydrogen-bond donors (Lipinski definition) is 3. The quantitative estimate of drug-likeness (QED) is 0.737. The minimum atomic E-state index is -3.72. The van der Waals surface area contributed by atoms with E-state index in [0.717, 1.165) is 0 Å². The molecule has 2 aromatic rings.